The molecule has 3 aromatic carbocycles. The number of fused-ring (bicyclic) bond motifs is 1. The molecule has 0 aliphatic carbocycles. The molecular formula is C26H18FIN4O2. The average Bonchev–Trinajstić information content (AvgIpc) is 3.25. The Hall–Kier alpha value is -3.89. The molecular weight excluding hydrogens is 546 g/mol. The number of imidazole rings is 1. The lowest BCUT2D eigenvalue weighted by atomic mass is 10.1. The number of aromatic nitrogens is 2. The topological polar surface area (TPSA) is 94.7 Å². The largest absolute Gasteiger partial charge is 0.490 e. The number of rotatable bonds is 7. The Kier molecular flexibility index (Phi) is 7.09. The van der Waals surface area contributed by atoms with Gasteiger partial charge in [-0.1, -0.05) is 18.2 Å². The molecule has 0 aliphatic rings. The Labute approximate surface area is 209 Å². The normalized spacial score (nSPS) is 11.1. The van der Waals surface area contributed by atoms with Crippen LogP contribution >= 0.6 is 22.6 Å². The molecule has 168 valence electrons. The average molecular weight is 564 g/mol. The van der Waals surface area contributed by atoms with Gasteiger partial charge in [0.1, 0.15) is 24.3 Å². The van der Waals surface area contributed by atoms with E-state index in [0.717, 1.165) is 14.7 Å². The lowest BCUT2D eigenvalue weighted by Crippen LogP contribution is -2.03. The van der Waals surface area contributed by atoms with E-state index >= 15 is 0 Å². The second-order valence-electron chi connectivity index (χ2n) is 7.24. The van der Waals surface area contributed by atoms with Crippen LogP contribution < -0.4 is 9.47 Å². The van der Waals surface area contributed by atoms with Gasteiger partial charge in [-0.15, -0.1) is 0 Å². The van der Waals surface area contributed by atoms with Crippen LogP contribution in [0.15, 0.2) is 54.6 Å². The van der Waals surface area contributed by atoms with E-state index < -0.39 is 0 Å². The molecule has 0 amide bonds. The summed E-state index contributed by atoms with van der Waals surface area (Å²) in [6.45, 7) is 2.51. The van der Waals surface area contributed by atoms with Crippen LogP contribution in [0.3, 0.4) is 0 Å². The van der Waals surface area contributed by atoms with Crippen molar-refractivity contribution in [2.75, 3.05) is 6.61 Å². The zero-order valence-corrected chi connectivity index (χ0v) is 20.3. The molecule has 1 heterocycles. The monoisotopic (exact) mass is 564 g/mol. The van der Waals surface area contributed by atoms with Crippen molar-refractivity contribution in [1.82, 2.24) is 9.97 Å². The van der Waals surface area contributed by atoms with Gasteiger partial charge in [0, 0.05) is 5.56 Å². The molecule has 0 saturated heterocycles. The van der Waals surface area contributed by atoms with Crippen molar-refractivity contribution < 1.29 is 13.9 Å². The SMILES string of the molecule is CCOc1cc(/C=C(/C#N)c2nc3ccc(F)cc3[nH]2)cc(I)c1OCc1ccccc1C#N. The van der Waals surface area contributed by atoms with Crippen LogP contribution in [0.1, 0.15) is 29.4 Å². The maximum atomic E-state index is 13.5. The van der Waals surface area contributed by atoms with Gasteiger partial charge in [-0.05, 0) is 77.6 Å². The van der Waals surface area contributed by atoms with Gasteiger partial charge in [0.15, 0.2) is 11.5 Å². The third-order valence-electron chi connectivity index (χ3n) is 4.97. The van der Waals surface area contributed by atoms with E-state index in [0.29, 0.717) is 46.1 Å². The molecule has 1 N–H and O–H groups in total. The summed E-state index contributed by atoms with van der Waals surface area (Å²) in [5, 5.41) is 19.1. The van der Waals surface area contributed by atoms with E-state index in [-0.39, 0.29) is 12.4 Å². The lowest BCUT2D eigenvalue weighted by Gasteiger charge is -2.15. The van der Waals surface area contributed by atoms with Crippen molar-refractivity contribution in [3.63, 3.8) is 0 Å². The van der Waals surface area contributed by atoms with Gasteiger partial charge in [0.25, 0.3) is 0 Å². The molecule has 4 rings (SSSR count). The van der Waals surface area contributed by atoms with Crippen LogP contribution in [-0.4, -0.2) is 16.6 Å². The van der Waals surface area contributed by atoms with E-state index in [1.165, 1.54) is 12.1 Å². The molecule has 34 heavy (non-hydrogen) atoms. The molecule has 0 radical (unpaired) electrons. The molecule has 4 aromatic rings. The molecule has 0 atom stereocenters. The highest BCUT2D eigenvalue weighted by Gasteiger charge is 2.15. The minimum Gasteiger partial charge on any atom is -0.490 e. The van der Waals surface area contributed by atoms with E-state index in [2.05, 4.69) is 44.7 Å². The summed E-state index contributed by atoms with van der Waals surface area (Å²) < 4.78 is 26.2. The maximum Gasteiger partial charge on any atom is 0.175 e. The molecule has 0 unspecified atom stereocenters. The van der Waals surface area contributed by atoms with E-state index in [1.54, 1.807) is 24.3 Å². The highest BCUT2D eigenvalue weighted by Crippen LogP contribution is 2.36. The van der Waals surface area contributed by atoms with Crippen LogP contribution in [0, 0.1) is 32.0 Å². The zero-order chi connectivity index (χ0) is 24.1. The second-order valence-corrected chi connectivity index (χ2v) is 8.40. The molecule has 0 bridgehead atoms. The smallest absolute Gasteiger partial charge is 0.175 e. The van der Waals surface area contributed by atoms with Gasteiger partial charge < -0.3 is 14.5 Å². The predicted molar refractivity (Wildman–Crippen MR) is 135 cm³/mol. The van der Waals surface area contributed by atoms with Gasteiger partial charge in [-0.25, -0.2) is 9.37 Å². The first-order valence-electron chi connectivity index (χ1n) is 10.4. The quantitative estimate of drug-likeness (QED) is 0.213. The summed E-state index contributed by atoms with van der Waals surface area (Å²) in [6, 6.07) is 19.5. The van der Waals surface area contributed by atoms with Crippen LogP contribution in [0.5, 0.6) is 11.5 Å². The van der Waals surface area contributed by atoms with Gasteiger partial charge in [-0.2, -0.15) is 10.5 Å². The van der Waals surface area contributed by atoms with Gasteiger partial charge in [-0.3, -0.25) is 0 Å². The maximum absolute atomic E-state index is 13.5. The first-order chi connectivity index (χ1) is 16.5. The van der Waals surface area contributed by atoms with E-state index in [1.807, 2.05) is 31.2 Å². The number of nitrogens with zero attached hydrogens (tertiary/aromatic N) is 3. The summed E-state index contributed by atoms with van der Waals surface area (Å²) in [5.74, 6) is 1.06. The summed E-state index contributed by atoms with van der Waals surface area (Å²) >= 11 is 2.15. The van der Waals surface area contributed by atoms with Crippen molar-refractivity contribution in [3.8, 4) is 23.6 Å². The number of nitrogens with one attached hydrogen (secondary N) is 1. The number of hydrogen-bond donors (Lipinski definition) is 1. The molecule has 0 aliphatic heterocycles. The van der Waals surface area contributed by atoms with Crippen molar-refractivity contribution in [2.45, 2.75) is 13.5 Å². The minimum atomic E-state index is -0.380. The van der Waals surface area contributed by atoms with Crippen LogP contribution in [0.2, 0.25) is 0 Å². The number of hydrogen-bond acceptors (Lipinski definition) is 5. The van der Waals surface area contributed by atoms with E-state index in [9.17, 15) is 14.9 Å². The third-order valence-corrected chi connectivity index (χ3v) is 5.77. The highest BCUT2D eigenvalue weighted by molar-refractivity contribution is 14.1. The van der Waals surface area contributed by atoms with Crippen molar-refractivity contribution in [3.05, 3.63) is 86.5 Å². The number of nitriles is 2. The molecule has 1 aromatic heterocycles. The Morgan fingerprint density at radius 1 is 1.15 bits per heavy atom. The van der Waals surface area contributed by atoms with E-state index in [4.69, 9.17) is 9.47 Å². The fourth-order valence-corrected chi connectivity index (χ4v) is 4.19. The van der Waals surface area contributed by atoms with Crippen LogP contribution in [0.4, 0.5) is 4.39 Å². The standard InChI is InChI=1S/C26H18FIN4O2/c1-2-33-24-11-16(9-19(14-30)26-31-22-8-7-20(27)12-23(22)32-26)10-21(28)25(24)34-15-18-6-4-3-5-17(18)13-29/h3-12H,2,15H2,1H3,(H,31,32)/b19-9-. The molecule has 0 saturated carbocycles. The highest BCUT2D eigenvalue weighted by atomic mass is 127. The number of H-pyrrole nitrogens is 1. The third kappa shape index (κ3) is 5.03. The fraction of sp³-hybridized carbons (Fsp3) is 0.115. The first-order valence-corrected chi connectivity index (χ1v) is 11.4. The number of ether oxygens (including phenoxy) is 2. The molecule has 0 fully saturated rings. The number of benzene rings is 3. The number of allylic oxidation sites excluding steroid dienone is 1. The Balaban J connectivity index is 1.67. The zero-order valence-electron chi connectivity index (χ0n) is 18.1. The fourth-order valence-electron chi connectivity index (χ4n) is 3.41. The number of halogens is 2. The molecule has 8 heteroatoms. The molecule has 6 nitrogen and oxygen atoms in total. The summed E-state index contributed by atoms with van der Waals surface area (Å²) in [5.41, 5.74) is 3.44. The number of aromatic amines is 1. The summed E-state index contributed by atoms with van der Waals surface area (Å²) in [7, 11) is 0. The van der Waals surface area contributed by atoms with Gasteiger partial charge >= 0.3 is 0 Å². The van der Waals surface area contributed by atoms with Gasteiger partial charge in [0.05, 0.1) is 38.4 Å². The van der Waals surface area contributed by atoms with Crippen LogP contribution in [-0.2, 0) is 6.61 Å². The summed E-state index contributed by atoms with van der Waals surface area (Å²) in [6.07, 6.45) is 1.69. The first kappa shape index (κ1) is 23.3. The van der Waals surface area contributed by atoms with Crippen molar-refractivity contribution >= 4 is 45.3 Å². The van der Waals surface area contributed by atoms with Crippen molar-refractivity contribution in [2.24, 2.45) is 0 Å². The van der Waals surface area contributed by atoms with Crippen LogP contribution in [0.25, 0.3) is 22.7 Å². The predicted octanol–water partition coefficient (Wildman–Crippen LogP) is 6.22. The summed E-state index contributed by atoms with van der Waals surface area (Å²) in [4.78, 5) is 7.40. The second kappa shape index (κ2) is 10.4. The Morgan fingerprint density at radius 2 is 1.97 bits per heavy atom. The Morgan fingerprint density at radius 3 is 2.74 bits per heavy atom. The molecule has 0 spiro atoms. The lowest BCUT2D eigenvalue weighted by molar-refractivity contribution is 0.267. The van der Waals surface area contributed by atoms with Gasteiger partial charge in [0.2, 0.25) is 0 Å². The Bertz CT molecular complexity index is 1480. The minimum absolute atomic E-state index is 0.216. The van der Waals surface area contributed by atoms with Crippen molar-refractivity contribution in [1.29, 1.82) is 10.5 Å².